The van der Waals surface area contributed by atoms with Crippen LogP contribution in [0.2, 0.25) is 0 Å². The van der Waals surface area contributed by atoms with Crippen molar-refractivity contribution in [1.82, 2.24) is 15.1 Å². The van der Waals surface area contributed by atoms with E-state index in [1.807, 2.05) is 31.2 Å². The summed E-state index contributed by atoms with van der Waals surface area (Å²) in [4.78, 5) is 14.0. The highest BCUT2D eigenvalue weighted by Crippen LogP contribution is 2.23. The molecule has 0 amide bonds. The van der Waals surface area contributed by atoms with Gasteiger partial charge in [-0.15, -0.1) is 0 Å². The normalized spacial score (nSPS) is 18.0. The first-order chi connectivity index (χ1) is 11.6. The molecule has 1 aromatic carbocycles. The summed E-state index contributed by atoms with van der Waals surface area (Å²) in [5.74, 6) is 0.865. The van der Waals surface area contributed by atoms with E-state index in [2.05, 4.69) is 22.0 Å². The first-order valence-electron chi connectivity index (χ1n) is 8.67. The second kappa shape index (κ2) is 7.62. The molecule has 0 spiro atoms. The molecule has 0 saturated carbocycles. The van der Waals surface area contributed by atoms with Crippen LogP contribution in [0, 0.1) is 6.92 Å². The Morgan fingerprint density at radius 3 is 2.83 bits per heavy atom. The number of nitrogens with zero attached hydrogens (tertiary/aromatic N) is 2. The van der Waals surface area contributed by atoms with E-state index in [0.717, 1.165) is 48.2 Å². The summed E-state index contributed by atoms with van der Waals surface area (Å²) < 4.78 is 5.84. The molecule has 24 heavy (non-hydrogen) atoms. The molecule has 1 saturated heterocycles. The highest BCUT2D eigenvalue weighted by molar-refractivity contribution is 5.65. The Hall–Kier alpha value is -2.14. The van der Waals surface area contributed by atoms with Crippen LogP contribution in [-0.4, -0.2) is 40.8 Å². The highest BCUT2D eigenvalue weighted by Gasteiger charge is 2.19. The van der Waals surface area contributed by atoms with E-state index in [1.165, 1.54) is 19.4 Å². The predicted molar refractivity (Wildman–Crippen MR) is 95.4 cm³/mol. The van der Waals surface area contributed by atoms with Crippen molar-refractivity contribution in [3.05, 3.63) is 46.4 Å². The molecule has 0 bridgehead atoms. The molecule has 1 aromatic heterocycles. The maximum absolute atomic E-state index is 11.4. The van der Waals surface area contributed by atoms with E-state index in [-0.39, 0.29) is 5.56 Å². The van der Waals surface area contributed by atoms with Crippen LogP contribution in [-0.2, 0) is 0 Å². The van der Waals surface area contributed by atoms with Gasteiger partial charge in [-0.05, 0) is 57.4 Å². The fourth-order valence-corrected chi connectivity index (χ4v) is 3.27. The Labute approximate surface area is 142 Å². The Kier molecular flexibility index (Phi) is 5.30. The van der Waals surface area contributed by atoms with Crippen molar-refractivity contribution in [3.63, 3.8) is 0 Å². The van der Waals surface area contributed by atoms with Crippen LogP contribution in [0.5, 0.6) is 5.75 Å². The van der Waals surface area contributed by atoms with Crippen molar-refractivity contribution in [3.8, 4) is 16.9 Å². The molecule has 0 aliphatic carbocycles. The van der Waals surface area contributed by atoms with Crippen molar-refractivity contribution in [2.45, 2.75) is 39.2 Å². The minimum Gasteiger partial charge on any atom is -0.494 e. The van der Waals surface area contributed by atoms with Gasteiger partial charge in [0.1, 0.15) is 5.75 Å². The van der Waals surface area contributed by atoms with Gasteiger partial charge in [0.05, 0.1) is 12.3 Å². The summed E-state index contributed by atoms with van der Waals surface area (Å²) >= 11 is 0. The van der Waals surface area contributed by atoms with Gasteiger partial charge in [-0.3, -0.25) is 4.79 Å². The topological polar surface area (TPSA) is 58.2 Å². The van der Waals surface area contributed by atoms with Crippen LogP contribution in [0.4, 0.5) is 0 Å². The lowest BCUT2D eigenvalue weighted by molar-refractivity contribution is 0.230. The molecule has 2 heterocycles. The summed E-state index contributed by atoms with van der Waals surface area (Å²) in [6.07, 6.45) is 3.68. The Morgan fingerprint density at radius 2 is 2.12 bits per heavy atom. The van der Waals surface area contributed by atoms with Gasteiger partial charge >= 0.3 is 0 Å². The first-order valence-corrected chi connectivity index (χ1v) is 8.67. The summed E-state index contributed by atoms with van der Waals surface area (Å²) in [5, 5.41) is 6.46. The molecule has 5 heteroatoms. The molecule has 1 N–H and O–H groups in total. The van der Waals surface area contributed by atoms with Crippen LogP contribution in [0.1, 0.15) is 31.9 Å². The largest absolute Gasteiger partial charge is 0.494 e. The number of likely N-dealkylation sites (tertiary alicyclic amines) is 1. The van der Waals surface area contributed by atoms with Gasteiger partial charge in [0, 0.05) is 24.2 Å². The van der Waals surface area contributed by atoms with Gasteiger partial charge in [0.25, 0.3) is 5.56 Å². The number of hydrogen-bond donors (Lipinski definition) is 1. The second-order valence-corrected chi connectivity index (χ2v) is 6.48. The number of aryl methyl sites for hydroxylation is 1. The lowest BCUT2D eigenvalue weighted by Crippen LogP contribution is -2.28. The fourth-order valence-electron chi connectivity index (χ4n) is 3.27. The predicted octanol–water partition coefficient (Wildman–Crippen LogP) is 3.00. The van der Waals surface area contributed by atoms with Crippen LogP contribution < -0.4 is 10.3 Å². The summed E-state index contributed by atoms with van der Waals surface area (Å²) in [5.41, 5.74) is 2.45. The van der Waals surface area contributed by atoms with Crippen molar-refractivity contribution in [1.29, 1.82) is 0 Å². The average Bonchev–Trinajstić information content (AvgIpc) is 3.00. The van der Waals surface area contributed by atoms with Gasteiger partial charge in [0.15, 0.2) is 0 Å². The van der Waals surface area contributed by atoms with E-state index in [9.17, 15) is 4.79 Å². The monoisotopic (exact) mass is 327 g/mol. The zero-order valence-electron chi connectivity index (χ0n) is 14.4. The molecule has 1 atom stereocenters. The van der Waals surface area contributed by atoms with E-state index >= 15 is 0 Å². The van der Waals surface area contributed by atoms with Crippen molar-refractivity contribution < 1.29 is 4.74 Å². The van der Waals surface area contributed by atoms with E-state index < -0.39 is 0 Å². The Morgan fingerprint density at radius 1 is 1.33 bits per heavy atom. The van der Waals surface area contributed by atoms with Crippen LogP contribution in [0.15, 0.2) is 35.1 Å². The molecular formula is C19H25N3O2. The van der Waals surface area contributed by atoms with Crippen molar-refractivity contribution in [2.75, 3.05) is 19.7 Å². The maximum Gasteiger partial charge on any atom is 0.264 e. The maximum atomic E-state index is 11.4. The van der Waals surface area contributed by atoms with E-state index in [1.54, 1.807) is 6.07 Å². The van der Waals surface area contributed by atoms with Gasteiger partial charge in [-0.25, -0.2) is 5.10 Å². The minimum atomic E-state index is -0.188. The smallest absolute Gasteiger partial charge is 0.264 e. The number of nitrogens with one attached hydrogen (secondary N) is 1. The van der Waals surface area contributed by atoms with Gasteiger partial charge in [-0.2, -0.15) is 5.10 Å². The molecule has 1 unspecified atom stereocenters. The Bertz CT molecular complexity index is 724. The minimum absolute atomic E-state index is 0.188. The van der Waals surface area contributed by atoms with Crippen LogP contribution >= 0.6 is 0 Å². The Balaban J connectivity index is 1.53. The van der Waals surface area contributed by atoms with Crippen molar-refractivity contribution in [2.24, 2.45) is 0 Å². The average molecular weight is 327 g/mol. The molecule has 2 aromatic rings. The van der Waals surface area contributed by atoms with Gasteiger partial charge in [0.2, 0.25) is 0 Å². The molecule has 1 aliphatic heterocycles. The number of hydrogen-bond acceptors (Lipinski definition) is 4. The number of H-pyrrole nitrogens is 1. The van der Waals surface area contributed by atoms with Gasteiger partial charge in [-0.1, -0.05) is 12.1 Å². The van der Waals surface area contributed by atoms with E-state index in [4.69, 9.17) is 4.74 Å². The third kappa shape index (κ3) is 4.03. The summed E-state index contributed by atoms with van der Waals surface area (Å²) in [6.45, 7) is 7.25. The lowest BCUT2D eigenvalue weighted by Gasteiger charge is -2.20. The molecule has 1 aliphatic rings. The van der Waals surface area contributed by atoms with Gasteiger partial charge < -0.3 is 9.64 Å². The molecular weight excluding hydrogens is 302 g/mol. The number of aromatic nitrogens is 2. The zero-order valence-corrected chi connectivity index (χ0v) is 14.4. The quantitative estimate of drug-likeness (QED) is 0.829. The standard InChI is InChI=1S/C19H25N3O2/c1-14-5-3-10-22(14)11-4-12-24-17-8-6-16(7-9-17)18-13-19(23)21-20-15(18)2/h6-9,13-14H,3-5,10-12H2,1-2H3,(H,21,23). The highest BCUT2D eigenvalue weighted by atomic mass is 16.5. The molecule has 1 fully saturated rings. The number of rotatable bonds is 6. The number of ether oxygens (including phenoxy) is 1. The van der Waals surface area contributed by atoms with Crippen LogP contribution in [0.25, 0.3) is 11.1 Å². The summed E-state index contributed by atoms with van der Waals surface area (Å²) in [7, 11) is 0. The molecule has 0 radical (unpaired) electrons. The molecule has 3 rings (SSSR count). The summed E-state index contributed by atoms with van der Waals surface area (Å²) in [6, 6.07) is 10.1. The first kappa shape index (κ1) is 16.7. The lowest BCUT2D eigenvalue weighted by atomic mass is 10.1. The molecule has 128 valence electrons. The zero-order chi connectivity index (χ0) is 16.9. The fraction of sp³-hybridized carbons (Fsp3) is 0.474. The number of aromatic amines is 1. The van der Waals surface area contributed by atoms with Crippen molar-refractivity contribution >= 4 is 0 Å². The van der Waals surface area contributed by atoms with Crippen LogP contribution in [0.3, 0.4) is 0 Å². The third-order valence-corrected chi connectivity index (χ3v) is 4.71. The molecule has 5 nitrogen and oxygen atoms in total. The second-order valence-electron chi connectivity index (χ2n) is 6.48. The van der Waals surface area contributed by atoms with E-state index in [0.29, 0.717) is 0 Å². The number of benzene rings is 1. The third-order valence-electron chi connectivity index (χ3n) is 4.71. The SMILES string of the molecule is Cc1n[nH]c(=O)cc1-c1ccc(OCCCN2CCCC2C)cc1.